The first-order valence-corrected chi connectivity index (χ1v) is 9.97. The molecule has 148 valence electrons. The molecule has 2 aromatic rings. The molecule has 0 radical (unpaired) electrons. The number of rotatable bonds is 9. The Morgan fingerprint density at radius 1 is 1.00 bits per heavy atom. The van der Waals surface area contributed by atoms with Crippen LogP contribution in [0.25, 0.3) is 0 Å². The quantitative estimate of drug-likeness (QED) is 0.615. The van der Waals surface area contributed by atoms with Crippen LogP contribution in [0.15, 0.2) is 65.6 Å². The zero-order valence-corrected chi connectivity index (χ0v) is 16.2. The fraction of sp³-hybridized carbons (Fsp3) is 0.250. The third-order valence-electron chi connectivity index (χ3n) is 3.86. The SMILES string of the molecule is COC(=O)[C@H](CC[S@@](=O)c1ccccc1)NC(=O)CNC(=O)c1ccccc1. The molecule has 0 aliphatic heterocycles. The molecule has 0 aliphatic rings. The van der Waals surface area contributed by atoms with Gasteiger partial charge in [-0.05, 0) is 30.7 Å². The van der Waals surface area contributed by atoms with Crippen LogP contribution in [0.3, 0.4) is 0 Å². The standard InChI is InChI=1S/C20H22N2O5S/c1-27-20(25)17(12-13-28(26)16-10-6-3-7-11-16)22-18(23)14-21-19(24)15-8-4-2-5-9-15/h2-11,17H,12-14H2,1H3,(H,21,24)(H,22,23)/t17-,28+/m0/s1. The molecule has 7 nitrogen and oxygen atoms in total. The van der Waals surface area contributed by atoms with Crippen molar-refractivity contribution in [1.82, 2.24) is 10.6 Å². The first-order valence-electron chi connectivity index (χ1n) is 8.65. The zero-order chi connectivity index (χ0) is 20.4. The van der Waals surface area contributed by atoms with E-state index in [1.54, 1.807) is 54.6 Å². The van der Waals surface area contributed by atoms with Gasteiger partial charge < -0.3 is 15.4 Å². The molecule has 0 aliphatic carbocycles. The normalized spacial score (nSPS) is 12.5. The van der Waals surface area contributed by atoms with Crippen LogP contribution in [0.5, 0.6) is 0 Å². The summed E-state index contributed by atoms with van der Waals surface area (Å²) in [4.78, 5) is 36.7. The van der Waals surface area contributed by atoms with Crippen LogP contribution in [-0.2, 0) is 25.1 Å². The second kappa shape index (κ2) is 11.0. The Morgan fingerprint density at radius 2 is 1.61 bits per heavy atom. The summed E-state index contributed by atoms with van der Waals surface area (Å²) in [6, 6.07) is 16.4. The maximum absolute atomic E-state index is 12.3. The second-order valence-corrected chi connectivity index (χ2v) is 7.41. The fourth-order valence-corrected chi connectivity index (χ4v) is 3.55. The van der Waals surface area contributed by atoms with Gasteiger partial charge in [-0.25, -0.2) is 4.79 Å². The van der Waals surface area contributed by atoms with Crippen molar-refractivity contribution < 1.29 is 23.3 Å². The van der Waals surface area contributed by atoms with Crippen LogP contribution < -0.4 is 10.6 Å². The van der Waals surface area contributed by atoms with E-state index in [2.05, 4.69) is 10.6 Å². The van der Waals surface area contributed by atoms with Crippen molar-refractivity contribution >= 4 is 28.6 Å². The third kappa shape index (κ3) is 6.62. The van der Waals surface area contributed by atoms with Gasteiger partial charge in [-0.2, -0.15) is 0 Å². The van der Waals surface area contributed by atoms with Crippen LogP contribution in [0.4, 0.5) is 0 Å². The highest BCUT2D eigenvalue weighted by molar-refractivity contribution is 7.85. The van der Waals surface area contributed by atoms with E-state index in [1.165, 1.54) is 7.11 Å². The number of nitrogens with one attached hydrogen (secondary N) is 2. The van der Waals surface area contributed by atoms with Crippen LogP contribution in [0, 0.1) is 0 Å². The highest BCUT2D eigenvalue weighted by atomic mass is 32.2. The largest absolute Gasteiger partial charge is 0.467 e. The molecule has 0 saturated carbocycles. The monoisotopic (exact) mass is 402 g/mol. The molecule has 0 aromatic heterocycles. The lowest BCUT2D eigenvalue weighted by Crippen LogP contribution is -2.46. The Kier molecular flexibility index (Phi) is 8.36. The number of ether oxygens (including phenoxy) is 1. The van der Waals surface area contributed by atoms with E-state index in [1.807, 2.05) is 6.07 Å². The zero-order valence-electron chi connectivity index (χ0n) is 15.4. The Hall–Kier alpha value is -3.00. The molecule has 2 amide bonds. The molecule has 0 unspecified atom stereocenters. The van der Waals surface area contributed by atoms with Gasteiger partial charge >= 0.3 is 5.97 Å². The number of hydrogen-bond donors (Lipinski definition) is 2. The Balaban J connectivity index is 1.87. The highest BCUT2D eigenvalue weighted by Gasteiger charge is 2.22. The van der Waals surface area contributed by atoms with Crippen molar-refractivity contribution in [2.75, 3.05) is 19.4 Å². The number of hydrogen-bond acceptors (Lipinski definition) is 5. The number of carbonyl (C=O) groups is 3. The Morgan fingerprint density at radius 3 is 2.21 bits per heavy atom. The summed E-state index contributed by atoms with van der Waals surface area (Å²) in [5.74, 6) is -1.38. The molecular formula is C20H22N2O5S. The van der Waals surface area contributed by atoms with E-state index in [-0.39, 0.29) is 18.7 Å². The van der Waals surface area contributed by atoms with Gasteiger partial charge in [0.15, 0.2) is 0 Å². The molecule has 0 saturated heterocycles. The van der Waals surface area contributed by atoms with E-state index in [0.29, 0.717) is 10.5 Å². The molecular weight excluding hydrogens is 380 g/mol. The summed E-state index contributed by atoms with van der Waals surface area (Å²) >= 11 is 0. The summed E-state index contributed by atoms with van der Waals surface area (Å²) in [6.45, 7) is -0.289. The van der Waals surface area contributed by atoms with Crippen molar-refractivity contribution in [2.24, 2.45) is 0 Å². The Bertz CT molecular complexity index is 827. The van der Waals surface area contributed by atoms with Crippen LogP contribution in [0.2, 0.25) is 0 Å². The predicted molar refractivity (Wildman–Crippen MR) is 105 cm³/mol. The van der Waals surface area contributed by atoms with Gasteiger partial charge in [0.1, 0.15) is 6.04 Å². The van der Waals surface area contributed by atoms with Crippen LogP contribution in [0.1, 0.15) is 16.8 Å². The highest BCUT2D eigenvalue weighted by Crippen LogP contribution is 2.08. The molecule has 0 bridgehead atoms. The summed E-state index contributed by atoms with van der Waals surface area (Å²) in [6.07, 6.45) is 0.145. The predicted octanol–water partition coefficient (Wildman–Crippen LogP) is 1.27. The van der Waals surface area contributed by atoms with E-state index in [9.17, 15) is 18.6 Å². The van der Waals surface area contributed by atoms with Gasteiger partial charge in [-0.15, -0.1) is 0 Å². The van der Waals surface area contributed by atoms with Gasteiger partial charge in [0, 0.05) is 16.2 Å². The average Bonchev–Trinajstić information content (AvgIpc) is 2.75. The van der Waals surface area contributed by atoms with E-state index in [0.717, 1.165) is 0 Å². The van der Waals surface area contributed by atoms with Gasteiger partial charge in [-0.3, -0.25) is 13.8 Å². The molecule has 0 spiro atoms. The van der Waals surface area contributed by atoms with Gasteiger partial charge in [0.2, 0.25) is 5.91 Å². The lowest BCUT2D eigenvalue weighted by molar-refractivity contribution is -0.145. The van der Waals surface area contributed by atoms with Gasteiger partial charge in [-0.1, -0.05) is 36.4 Å². The van der Waals surface area contributed by atoms with E-state index >= 15 is 0 Å². The van der Waals surface area contributed by atoms with Crippen LogP contribution in [-0.4, -0.2) is 47.4 Å². The molecule has 2 rings (SSSR count). The van der Waals surface area contributed by atoms with Crippen molar-refractivity contribution in [1.29, 1.82) is 0 Å². The summed E-state index contributed by atoms with van der Waals surface area (Å²) in [5, 5.41) is 5.01. The topological polar surface area (TPSA) is 102 Å². The molecule has 28 heavy (non-hydrogen) atoms. The average molecular weight is 402 g/mol. The minimum atomic E-state index is -1.30. The maximum atomic E-state index is 12.3. The van der Waals surface area contributed by atoms with Crippen LogP contribution >= 0.6 is 0 Å². The maximum Gasteiger partial charge on any atom is 0.328 e. The molecule has 0 fully saturated rings. The Labute approximate surface area is 165 Å². The van der Waals surface area contributed by atoms with E-state index < -0.39 is 34.6 Å². The lowest BCUT2D eigenvalue weighted by atomic mass is 10.2. The van der Waals surface area contributed by atoms with Crippen molar-refractivity contribution in [3.63, 3.8) is 0 Å². The fourth-order valence-electron chi connectivity index (χ4n) is 2.40. The summed E-state index contributed by atoms with van der Waals surface area (Å²) in [7, 11) is -0.0870. The van der Waals surface area contributed by atoms with Crippen molar-refractivity contribution in [3.05, 3.63) is 66.2 Å². The lowest BCUT2D eigenvalue weighted by Gasteiger charge is -2.16. The minimum absolute atomic E-state index is 0.145. The first-order chi connectivity index (χ1) is 13.5. The molecule has 8 heteroatoms. The molecule has 2 aromatic carbocycles. The van der Waals surface area contributed by atoms with Gasteiger partial charge in [0.25, 0.3) is 5.91 Å². The second-order valence-electron chi connectivity index (χ2n) is 5.84. The number of esters is 1. The molecule has 2 atom stereocenters. The molecule has 0 heterocycles. The van der Waals surface area contributed by atoms with Crippen molar-refractivity contribution in [3.8, 4) is 0 Å². The number of methoxy groups -OCH3 is 1. The number of benzene rings is 2. The number of amides is 2. The summed E-state index contributed by atoms with van der Waals surface area (Å²) in [5.41, 5.74) is 0.429. The summed E-state index contributed by atoms with van der Waals surface area (Å²) < 4.78 is 17.0. The van der Waals surface area contributed by atoms with Gasteiger partial charge in [0.05, 0.1) is 24.5 Å². The molecule has 2 N–H and O–H groups in total. The van der Waals surface area contributed by atoms with Crippen molar-refractivity contribution in [2.45, 2.75) is 17.4 Å². The number of carbonyl (C=O) groups excluding carboxylic acids is 3. The third-order valence-corrected chi connectivity index (χ3v) is 5.27. The smallest absolute Gasteiger partial charge is 0.328 e. The first kappa shape index (κ1) is 21.3. The van der Waals surface area contributed by atoms with E-state index in [4.69, 9.17) is 4.74 Å². The minimum Gasteiger partial charge on any atom is -0.467 e.